The number of nitrogens with zero attached hydrogens (tertiary/aromatic N) is 2. The summed E-state index contributed by atoms with van der Waals surface area (Å²) in [5, 5.41) is 20.1. The Balaban J connectivity index is 3.17. The van der Waals surface area contributed by atoms with Crippen molar-refractivity contribution in [3.8, 4) is 0 Å². The van der Waals surface area contributed by atoms with E-state index in [-0.39, 0.29) is 0 Å². The van der Waals surface area contributed by atoms with Gasteiger partial charge in [-0.05, 0) is 6.42 Å². The molecule has 0 amide bonds. The van der Waals surface area contributed by atoms with Gasteiger partial charge in [-0.2, -0.15) is 0 Å². The molecule has 0 aromatic carbocycles. The van der Waals surface area contributed by atoms with Gasteiger partial charge in [0, 0.05) is 13.8 Å². The van der Waals surface area contributed by atoms with Crippen molar-refractivity contribution in [2.24, 2.45) is 0 Å². The van der Waals surface area contributed by atoms with Crippen LogP contribution in [0.1, 0.15) is 30.8 Å². The van der Waals surface area contributed by atoms with Crippen LogP contribution in [-0.4, -0.2) is 15.6 Å². The zero-order chi connectivity index (χ0) is 10.9. The minimum absolute atomic E-state index is 0.463. The minimum atomic E-state index is -0.911. The SMILES string of the molecule is CC[C@H](C(=O)O)n1c[n+]([O-])c(C)c1C. The average Bonchev–Trinajstić information content (AvgIpc) is 2.35. The lowest BCUT2D eigenvalue weighted by molar-refractivity contribution is -0.611. The summed E-state index contributed by atoms with van der Waals surface area (Å²) in [4.78, 5) is 10.9. The molecule has 5 heteroatoms. The molecule has 1 rings (SSSR count). The third kappa shape index (κ3) is 1.57. The molecule has 0 spiro atoms. The summed E-state index contributed by atoms with van der Waals surface area (Å²) in [6.45, 7) is 5.20. The lowest BCUT2D eigenvalue weighted by Gasteiger charge is -2.06. The van der Waals surface area contributed by atoms with E-state index in [0.29, 0.717) is 22.5 Å². The maximum atomic E-state index is 11.2. The molecule has 0 radical (unpaired) electrons. The van der Waals surface area contributed by atoms with Crippen molar-refractivity contribution in [2.45, 2.75) is 33.2 Å². The smallest absolute Gasteiger partial charge is 0.349 e. The predicted octanol–water partition coefficient (Wildman–Crippen LogP) is 0.774. The van der Waals surface area contributed by atoms with Crippen molar-refractivity contribution in [1.82, 2.24) is 4.57 Å². The van der Waals surface area contributed by atoms with Crippen LogP contribution in [0.3, 0.4) is 0 Å². The van der Waals surface area contributed by atoms with Gasteiger partial charge in [-0.1, -0.05) is 6.92 Å². The number of hydrogen-bond donors (Lipinski definition) is 1. The van der Waals surface area contributed by atoms with Crippen LogP contribution in [0.4, 0.5) is 0 Å². The molecule has 1 aromatic rings. The molecule has 5 nitrogen and oxygen atoms in total. The van der Waals surface area contributed by atoms with Gasteiger partial charge in [-0.25, -0.2) is 14.1 Å². The Labute approximate surface area is 82.2 Å². The van der Waals surface area contributed by atoms with Crippen LogP contribution in [0.5, 0.6) is 0 Å². The number of aliphatic carboxylic acids is 1. The summed E-state index contributed by atoms with van der Waals surface area (Å²) in [6.07, 6.45) is 1.75. The van der Waals surface area contributed by atoms with Gasteiger partial charge < -0.3 is 10.3 Å². The van der Waals surface area contributed by atoms with Gasteiger partial charge in [0.1, 0.15) is 11.4 Å². The van der Waals surface area contributed by atoms with E-state index in [9.17, 15) is 10.0 Å². The Kier molecular flexibility index (Phi) is 2.78. The zero-order valence-corrected chi connectivity index (χ0v) is 8.52. The number of carboxylic acid groups (broad SMARTS) is 1. The summed E-state index contributed by atoms with van der Waals surface area (Å²) < 4.78 is 2.20. The number of imidazole rings is 1. The lowest BCUT2D eigenvalue weighted by Crippen LogP contribution is -2.27. The van der Waals surface area contributed by atoms with Gasteiger partial charge in [0.2, 0.25) is 6.33 Å². The standard InChI is InChI=1S/C9H14N2O3/c1-4-8(9(12)13)10-5-11(14)7(3)6(10)2/h5,8H,4H2,1-3H3,(H,12,13)/t8-/m1/s1. The van der Waals surface area contributed by atoms with Crippen molar-refractivity contribution < 1.29 is 14.6 Å². The molecule has 0 aliphatic heterocycles. The average molecular weight is 198 g/mol. The van der Waals surface area contributed by atoms with Gasteiger partial charge in [-0.3, -0.25) is 0 Å². The van der Waals surface area contributed by atoms with Crippen LogP contribution in [0.25, 0.3) is 0 Å². The van der Waals surface area contributed by atoms with E-state index < -0.39 is 12.0 Å². The molecule has 0 fully saturated rings. The number of aromatic nitrogens is 2. The fourth-order valence-electron chi connectivity index (χ4n) is 1.44. The Hall–Kier alpha value is -1.52. The number of carbonyl (C=O) groups is 1. The van der Waals surface area contributed by atoms with E-state index >= 15 is 0 Å². The molecule has 1 atom stereocenters. The highest BCUT2D eigenvalue weighted by molar-refractivity contribution is 5.71. The molecule has 14 heavy (non-hydrogen) atoms. The minimum Gasteiger partial charge on any atom is -0.711 e. The molecular formula is C9H14N2O3. The van der Waals surface area contributed by atoms with Crippen molar-refractivity contribution in [3.63, 3.8) is 0 Å². The third-order valence-corrected chi connectivity index (χ3v) is 2.48. The molecule has 1 N–H and O–H groups in total. The van der Waals surface area contributed by atoms with Crippen LogP contribution in [0.15, 0.2) is 6.33 Å². The number of hydrogen-bond acceptors (Lipinski definition) is 2. The van der Waals surface area contributed by atoms with E-state index in [1.54, 1.807) is 20.8 Å². The van der Waals surface area contributed by atoms with Crippen LogP contribution >= 0.6 is 0 Å². The quantitative estimate of drug-likeness (QED) is 0.576. The topological polar surface area (TPSA) is 69.2 Å². The second kappa shape index (κ2) is 3.69. The summed E-state index contributed by atoms with van der Waals surface area (Å²) in [5.41, 5.74) is 1.25. The Morgan fingerprint density at radius 2 is 2.29 bits per heavy atom. The predicted molar refractivity (Wildman–Crippen MR) is 49.8 cm³/mol. The van der Waals surface area contributed by atoms with E-state index in [1.165, 1.54) is 10.9 Å². The Morgan fingerprint density at radius 3 is 2.57 bits per heavy atom. The van der Waals surface area contributed by atoms with Gasteiger partial charge in [-0.15, -0.1) is 0 Å². The fraction of sp³-hybridized carbons (Fsp3) is 0.556. The van der Waals surface area contributed by atoms with Crippen LogP contribution in [-0.2, 0) is 4.79 Å². The molecule has 0 unspecified atom stereocenters. The molecule has 0 saturated heterocycles. The fourth-order valence-corrected chi connectivity index (χ4v) is 1.44. The van der Waals surface area contributed by atoms with Crippen molar-refractivity contribution in [1.29, 1.82) is 0 Å². The van der Waals surface area contributed by atoms with E-state index in [0.717, 1.165) is 0 Å². The van der Waals surface area contributed by atoms with Gasteiger partial charge in [0.15, 0.2) is 6.04 Å². The largest absolute Gasteiger partial charge is 0.711 e. The maximum Gasteiger partial charge on any atom is 0.349 e. The van der Waals surface area contributed by atoms with E-state index in [1.807, 2.05) is 0 Å². The monoisotopic (exact) mass is 198 g/mol. The molecule has 78 valence electrons. The molecule has 1 heterocycles. The van der Waals surface area contributed by atoms with Crippen LogP contribution in [0.2, 0.25) is 0 Å². The summed E-state index contributed by atoms with van der Waals surface area (Å²) in [7, 11) is 0. The second-order valence-electron chi connectivity index (χ2n) is 3.28. The Bertz CT molecular complexity index is 357. The van der Waals surface area contributed by atoms with Crippen LogP contribution in [0, 0.1) is 19.1 Å². The van der Waals surface area contributed by atoms with Crippen LogP contribution < -0.4 is 4.73 Å². The number of rotatable bonds is 3. The molecule has 0 aliphatic carbocycles. The first-order chi connectivity index (χ1) is 6.49. The summed E-state index contributed by atoms with van der Waals surface area (Å²) in [6, 6.07) is -0.649. The van der Waals surface area contributed by atoms with E-state index in [2.05, 4.69) is 0 Å². The normalized spacial score (nSPS) is 12.8. The maximum absolute atomic E-state index is 11.2. The van der Waals surface area contributed by atoms with Gasteiger partial charge >= 0.3 is 5.97 Å². The van der Waals surface area contributed by atoms with Crippen molar-refractivity contribution in [2.75, 3.05) is 0 Å². The first kappa shape index (κ1) is 10.6. The van der Waals surface area contributed by atoms with E-state index in [4.69, 9.17) is 5.11 Å². The van der Waals surface area contributed by atoms with Crippen molar-refractivity contribution in [3.05, 3.63) is 22.9 Å². The lowest BCUT2D eigenvalue weighted by atomic mass is 10.2. The third-order valence-electron chi connectivity index (χ3n) is 2.48. The molecular weight excluding hydrogens is 184 g/mol. The zero-order valence-electron chi connectivity index (χ0n) is 8.52. The van der Waals surface area contributed by atoms with Gasteiger partial charge in [0.25, 0.3) is 0 Å². The highest BCUT2D eigenvalue weighted by Gasteiger charge is 2.26. The first-order valence-electron chi connectivity index (χ1n) is 4.49. The molecule has 0 bridgehead atoms. The molecule has 0 saturated carbocycles. The first-order valence-corrected chi connectivity index (χ1v) is 4.49. The second-order valence-corrected chi connectivity index (χ2v) is 3.28. The highest BCUT2D eigenvalue weighted by Crippen LogP contribution is 2.15. The summed E-state index contributed by atoms with van der Waals surface area (Å²) >= 11 is 0. The molecule has 0 aliphatic rings. The Morgan fingerprint density at radius 1 is 1.71 bits per heavy atom. The molecule has 1 aromatic heterocycles. The number of carboxylic acids is 1. The summed E-state index contributed by atoms with van der Waals surface area (Å²) in [5.74, 6) is -0.911. The van der Waals surface area contributed by atoms with Crippen molar-refractivity contribution >= 4 is 5.97 Å². The highest BCUT2D eigenvalue weighted by atomic mass is 16.5. The van der Waals surface area contributed by atoms with Gasteiger partial charge in [0.05, 0.1) is 0 Å².